The van der Waals surface area contributed by atoms with Gasteiger partial charge < -0.3 is 10.4 Å². The van der Waals surface area contributed by atoms with Crippen molar-refractivity contribution in [3.05, 3.63) is 51.3 Å². The lowest BCUT2D eigenvalue weighted by atomic mass is 10.0. The molecule has 2 aromatic rings. The molecule has 1 aromatic carbocycles. The lowest BCUT2D eigenvalue weighted by Gasteiger charge is -2.18. The van der Waals surface area contributed by atoms with Crippen LogP contribution in [0.25, 0.3) is 0 Å². The van der Waals surface area contributed by atoms with Crippen LogP contribution in [-0.2, 0) is 23.1 Å². The molecule has 7 heteroatoms. The van der Waals surface area contributed by atoms with Gasteiger partial charge in [0.25, 0.3) is 0 Å². The standard InChI is InChI=1S/C17H20BrN3O3/c1-10-14(11(2)21(3)20-10)8-16(22)19-15(9-17(23)24)12-5-4-6-13(18)7-12/h4-7,15H,8-9H2,1-3H3,(H,19,22)(H,23,24). The molecule has 1 amide bonds. The van der Waals surface area contributed by atoms with Crippen molar-refractivity contribution in [1.29, 1.82) is 0 Å². The van der Waals surface area contributed by atoms with Crippen molar-refractivity contribution < 1.29 is 14.7 Å². The lowest BCUT2D eigenvalue weighted by molar-refractivity contribution is -0.137. The Kier molecular flexibility index (Phi) is 5.77. The van der Waals surface area contributed by atoms with E-state index in [1.54, 1.807) is 10.7 Å². The molecule has 0 aliphatic heterocycles. The maximum atomic E-state index is 12.4. The molecule has 0 saturated heterocycles. The summed E-state index contributed by atoms with van der Waals surface area (Å²) < 4.78 is 2.57. The molecule has 1 unspecified atom stereocenters. The molecule has 0 saturated carbocycles. The second-order valence-electron chi connectivity index (χ2n) is 5.72. The summed E-state index contributed by atoms with van der Waals surface area (Å²) in [6, 6.07) is 6.71. The van der Waals surface area contributed by atoms with Gasteiger partial charge in [0.05, 0.1) is 24.6 Å². The van der Waals surface area contributed by atoms with E-state index in [1.165, 1.54) is 0 Å². The first kappa shape index (κ1) is 18.2. The molecule has 0 bridgehead atoms. The van der Waals surface area contributed by atoms with Crippen molar-refractivity contribution in [2.24, 2.45) is 7.05 Å². The maximum Gasteiger partial charge on any atom is 0.305 e. The van der Waals surface area contributed by atoms with Gasteiger partial charge in [-0.1, -0.05) is 28.1 Å². The summed E-state index contributed by atoms with van der Waals surface area (Å²) in [5.41, 5.74) is 3.36. The molecule has 2 rings (SSSR count). The number of nitrogens with one attached hydrogen (secondary N) is 1. The zero-order chi connectivity index (χ0) is 17.9. The van der Waals surface area contributed by atoms with Gasteiger partial charge in [-0.2, -0.15) is 5.10 Å². The average molecular weight is 394 g/mol. The summed E-state index contributed by atoms with van der Waals surface area (Å²) in [5, 5.41) is 16.3. The van der Waals surface area contributed by atoms with E-state index in [1.807, 2.05) is 39.1 Å². The third kappa shape index (κ3) is 4.44. The summed E-state index contributed by atoms with van der Waals surface area (Å²) >= 11 is 3.37. The highest BCUT2D eigenvalue weighted by atomic mass is 79.9. The van der Waals surface area contributed by atoms with E-state index >= 15 is 0 Å². The van der Waals surface area contributed by atoms with Gasteiger partial charge in [-0.3, -0.25) is 14.3 Å². The summed E-state index contributed by atoms with van der Waals surface area (Å²) in [6.07, 6.45) is 0.00280. The van der Waals surface area contributed by atoms with Crippen molar-refractivity contribution in [1.82, 2.24) is 15.1 Å². The van der Waals surface area contributed by atoms with Crippen molar-refractivity contribution >= 4 is 27.8 Å². The first-order chi connectivity index (χ1) is 11.3. The molecule has 1 heterocycles. The fraction of sp³-hybridized carbons (Fsp3) is 0.353. The van der Waals surface area contributed by atoms with E-state index in [-0.39, 0.29) is 18.7 Å². The van der Waals surface area contributed by atoms with Crippen LogP contribution in [0.4, 0.5) is 0 Å². The lowest BCUT2D eigenvalue weighted by Crippen LogP contribution is -2.31. The number of hydrogen-bond donors (Lipinski definition) is 2. The molecule has 0 radical (unpaired) electrons. The predicted molar refractivity (Wildman–Crippen MR) is 93.7 cm³/mol. The Bertz CT molecular complexity index is 770. The van der Waals surface area contributed by atoms with E-state index in [0.29, 0.717) is 0 Å². The van der Waals surface area contributed by atoms with E-state index in [0.717, 1.165) is 27.0 Å². The van der Waals surface area contributed by atoms with Crippen molar-refractivity contribution in [2.75, 3.05) is 0 Å². The van der Waals surface area contributed by atoms with Gasteiger partial charge in [-0.25, -0.2) is 0 Å². The van der Waals surface area contributed by atoms with Gasteiger partial charge >= 0.3 is 5.97 Å². The highest BCUT2D eigenvalue weighted by Gasteiger charge is 2.20. The molecule has 128 valence electrons. The normalized spacial score (nSPS) is 12.0. The third-order valence-corrected chi connectivity index (χ3v) is 4.45. The highest BCUT2D eigenvalue weighted by Crippen LogP contribution is 2.21. The molecule has 1 atom stereocenters. The van der Waals surface area contributed by atoms with Gasteiger partial charge in [-0.05, 0) is 31.5 Å². The van der Waals surface area contributed by atoms with Crippen LogP contribution in [0.5, 0.6) is 0 Å². The third-order valence-electron chi connectivity index (χ3n) is 3.96. The SMILES string of the molecule is Cc1nn(C)c(C)c1CC(=O)NC(CC(=O)O)c1cccc(Br)c1. The topological polar surface area (TPSA) is 84.2 Å². The van der Waals surface area contributed by atoms with Crippen molar-refractivity contribution in [2.45, 2.75) is 32.7 Å². The van der Waals surface area contributed by atoms with E-state index in [2.05, 4.69) is 26.3 Å². The second-order valence-corrected chi connectivity index (χ2v) is 6.64. The Hall–Kier alpha value is -2.15. The van der Waals surface area contributed by atoms with Crippen LogP contribution in [0.2, 0.25) is 0 Å². The fourth-order valence-electron chi connectivity index (χ4n) is 2.63. The Morgan fingerprint density at radius 2 is 2.08 bits per heavy atom. The number of rotatable bonds is 6. The minimum atomic E-state index is -0.964. The number of aromatic nitrogens is 2. The van der Waals surface area contributed by atoms with Crippen LogP contribution in [0.1, 0.15) is 35.0 Å². The molecule has 0 fully saturated rings. The van der Waals surface area contributed by atoms with Crippen molar-refractivity contribution in [3.63, 3.8) is 0 Å². The molecule has 6 nitrogen and oxygen atoms in total. The fourth-order valence-corrected chi connectivity index (χ4v) is 3.05. The van der Waals surface area contributed by atoms with Crippen molar-refractivity contribution in [3.8, 4) is 0 Å². The molecule has 1 aromatic heterocycles. The highest BCUT2D eigenvalue weighted by molar-refractivity contribution is 9.10. The van der Waals surface area contributed by atoms with Crippen LogP contribution >= 0.6 is 15.9 Å². The summed E-state index contributed by atoms with van der Waals surface area (Å²) in [5.74, 6) is -1.19. The molecule has 0 spiro atoms. The zero-order valence-corrected chi connectivity index (χ0v) is 15.4. The zero-order valence-electron chi connectivity index (χ0n) is 13.8. The number of carbonyl (C=O) groups excluding carboxylic acids is 1. The molecular formula is C17H20BrN3O3. The van der Waals surface area contributed by atoms with Crippen LogP contribution in [0.15, 0.2) is 28.7 Å². The Morgan fingerprint density at radius 3 is 2.62 bits per heavy atom. The number of carbonyl (C=O) groups is 2. The Morgan fingerprint density at radius 1 is 1.38 bits per heavy atom. The molecular weight excluding hydrogens is 374 g/mol. The quantitative estimate of drug-likeness (QED) is 0.789. The number of amides is 1. The van der Waals surface area contributed by atoms with Gasteiger partial charge in [0.15, 0.2) is 0 Å². The van der Waals surface area contributed by atoms with E-state index in [9.17, 15) is 9.59 Å². The first-order valence-corrected chi connectivity index (χ1v) is 8.33. The average Bonchev–Trinajstić information content (AvgIpc) is 2.72. The Labute approximate surface area is 149 Å². The molecule has 2 N–H and O–H groups in total. The number of aliphatic carboxylic acids is 1. The number of carboxylic acids is 1. The number of hydrogen-bond acceptors (Lipinski definition) is 3. The predicted octanol–water partition coefficient (Wildman–Crippen LogP) is 2.67. The van der Waals surface area contributed by atoms with Crippen LogP contribution in [0.3, 0.4) is 0 Å². The number of carboxylic acid groups (broad SMARTS) is 1. The summed E-state index contributed by atoms with van der Waals surface area (Å²) in [7, 11) is 1.83. The summed E-state index contributed by atoms with van der Waals surface area (Å²) in [4.78, 5) is 23.6. The van der Waals surface area contributed by atoms with Crippen LogP contribution < -0.4 is 5.32 Å². The van der Waals surface area contributed by atoms with E-state index in [4.69, 9.17) is 5.11 Å². The van der Waals surface area contributed by atoms with Crippen LogP contribution in [-0.4, -0.2) is 26.8 Å². The monoisotopic (exact) mass is 393 g/mol. The van der Waals surface area contributed by atoms with Gasteiger partial charge in [0, 0.05) is 22.8 Å². The van der Waals surface area contributed by atoms with Gasteiger partial charge in [0.2, 0.25) is 5.91 Å². The molecule has 24 heavy (non-hydrogen) atoms. The number of halogens is 1. The smallest absolute Gasteiger partial charge is 0.305 e. The second kappa shape index (κ2) is 7.61. The number of aryl methyl sites for hydroxylation is 2. The minimum Gasteiger partial charge on any atom is -0.481 e. The number of nitrogens with zero attached hydrogens (tertiary/aromatic N) is 2. The molecule has 0 aliphatic rings. The van der Waals surface area contributed by atoms with Gasteiger partial charge in [0.1, 0.15) is 0 Å². The first-order valence-electron chi connectivity index (χ1n) is 7.53. The summed E-state index contributed by atoms with van der Waals surface area (Å²) in [6.45, 7) is 3.77. The minimum absolute atomic E-state index is 0.173. The largest absolute Gasteiger partial charge is 0.481 e. The molecule has 0 aliphatic carbocycles. The number of benzene rings is 1. The van der Waals surface area contributed by atoms with Gasteiger partial charge in [-0.15, -0.1) is 0 Å². The Balaban J connectivity index is 2.17. The maximum absolute atomic E-state index is 12.4. The van der Waals surface area contributed by atoms with Crippen LogP contribution in [0, 0.1) is 13.8 Å². The van der Waals surface area contributed by atoms with E-state index < -0.39 is 12.0 Å².